The van der Waals surface area contributed by atoms with E-state index in [0.29, 0.717) is 24.4 Å². The van der Waals surface area contributed by atoms with Gasteiger partial charge in [-0.05, 0) is 30.9 Å². The number of thioether (sulfide) groups is 1. The number of nitrogens with one attached hydrogen (secondary N) is 1. The maximum atomic E-state index is 12.8. The van der Waals surface area contributed by atoms with Gasteiger partial charge in [0.1, 0.15) is 17.5 Å². The van der Waals surface area contributed by atoms with Gasteiger partial charge in [0, 0.05) is 22.7 Å². The first-order valence-electron chi connectivity index (χ1n) is 7.34. The monoisotopic (exact) mass is 333 g/mol. The number of carbonyl (C=O) groups is 2. The van der Waals surface area contributed by atoms with Gasteiger partial charge in [-0.1, -0.05) is 6.07 Å². The van der Waals surface area contributed by atoms with E-state index < -0.39 is 11.9 Å². The SMILES string of the molecule is COc1cccc2[nH]c(C(=O)N3CC(SC)CC3C(N)=O)cc12. The van der Waals surface area contributed by atoms with Crippen molar-refractivity contribution in [1.82, 2.24) is 9.88 Å². The highest BCUT2D eigenvalue weighted by Gasteiger charge is 2.39. The number of primary amides is 1. The van der Waals surface area contributed by atoms with Crippen LogP contribution in [0.3, 0.4) is 0 Å². The van der Waals surface area contributed by atoms with Crippen molar-refractivity contribution < 1.29 is 14.3 Å². The Labute approximate surface area is 138 Å². The molecule has 23 heavy (non-hydrogen) atoms. The second kappa shape index (κ2) is 6.16. The molecular weight excluding hydrogens is 314 g/mol. The van der Waals surface area contributed by atoms with Gasteiger partial charge in [0.15, 0.2) is 0 Å². The minimum absolute atomic E-state index is 0.205. The number of rotatable bonds is 4. The lowest BCUT2D eigenvalue weighted by Gasteiger charge is -2.21. The number of carbonyl (C=O) groups excluding carboxylic acids is 2. The first-order chi connectivity index (χ1) is 11.0. The van der Waals surface area contributed by atoms with Gasteiger partial charge in [-0.15, -0.1) is 0 Å². The van der Waals surface area contributed by atoms with E-state index in [4.69, 9.17) is 10.5 Å². The zero-order chi connectivity index (χ0) is 16.6. The van der Waals surface area contributed by atoms with E-state index in [1.54, 1.807) is 29.8 Å². The number of methoxy groups -OCH3 is 1. The Bertz CT molecular complexity index is 758. The Balaban J connectivity index is 1.94. The zero-order valence-electron chi connectivity index (χ0n) is 13.0. The highest BCUT2D eigenvalue weighted by molar-refractivity contribution is 7.99. The van der Waals surface area contributed by atoms with E-state index in [2.05, 4.69) is 4.98 Å². The minimum atomic E-state index is -0.548. The lowest BCUT2D eigenvalue weighted by Crippen LogP contribution is -2.43. The molecule has 2 amide bonds. The lowest BCUT2D eigenvalue weighted by atomic mass is 10.2. The maximum Gasteiger partial charge on any atom is 0.271 e. The lowest BCUT2D eigenvalue weighted by molar-refractivity contribution is -0.121. The van der Waals surface area contributed by atoms with E-state index in [1.807, 2.05) is 24.5 Å². The molecule has 0 spiro atoms. The van der Waals surface area contributed by atoms with E-state index >= 15 is 0 Å². The third kappa shape index (κ3) is 2.76. The van der Waals surface area contributed by atoms with Gasteiger partial charge in [0.2, 0.25) is 5.91 Å². The van der Waals surface area contributed by atoms with Gasteiger partial charge in [0.25, 0.3) is 5.91 Å². The topological polar surface area (TPSA) is 88.4 Å². The summed E-state index contributed by atoms with van der Waals surface area (Å²) in [5.41, 5.74) is 6.73. The number of nitrogens with zero attached hydrogens (tertiary/aromatic N) is 1. The molecule has 6 nitrogen and oxygen atoms in total. The number of H-pyrrole nitrogens is 1. The molecule has 1 saturated heterocycles. The maximum absolute atomic E-state index is 12.8. The normalized spacial score (nSPS) is 20.9. The van der Waals surface area contributed by atoms with Crippen LogP contribution in [0.1, 0.15) is 16.9 Å². The number of ether oxygens (including phenoxy) is 1. The van der Waals surface area contributed by atoms with Crippen molar-refractivity contribution in [3.05, 3.63) is 30.0 Å². The first kappa shape index (κ1) is 15.7. The van der Waals surface area contributed by atoms with Crippen molar-refractivity contribution in [2.24, 2.45) is 5.73 Å². The number of hydrogen-bond acceptors (Lipinski definition) is 4. The van der Waals surface area contributed by atoms with E-state index in [0.717, 1.165) is 10.9 Å². The smallest absolute Gasteiger partial charge is 0.271 e. The molecule has 3 rings (SSSR count). The van der Waals surface area contributed by atoms with Crippen molar-refractivity contribution >= 4 is 34.5 Å². The number of benzene rings is 1. The number of aromatic nitrogens is 1. The molecule has 1 aliphatic rings. The Morgan fingerprint density at radius 3 is 2.87 bits per heavy atom. The predicted octanol–water partition coefficient (Wildman–Crippen LogP) is 1.61. The summed E-state index contributed by atoms with van der Waals surface area (Å²) in [5.74, 6) is 0.0415. The van der Waals surface area contributed by atoms with Crippen LogP contribution in [-0.2, 0) is 4.79 Å². The minimum Gasteiger partial charge on any atom is -0.496 e. The average molecular weight is 333 g/mol. The molecule has 7 heteroatoms. The molecule has 0 aliphatic carbocycles. The van der Waals surface area contributed by atoms with E-state index in [-0.39, 0.29) is 11.2 Å². The van der Waals surface area contributed by atoms with Crippen LogP contribution in [0.15, 0.2) is 24.3 Å². The van der Waals surface area contributed by atoms with Gasteiger partial charge in [-0.2, -0.15) is 11.8 Å². The van der Waals surface area contributed by atoms with Crippen molar-refractivity contribution in [2.75, 3.05) is 19.9 Å². The summed E-state index contributed by atoms with van der Waals surface area (Å²) in [6, 6.07) is 6.80. The summed E-state index contributed by atoms with van der Waals surface area (Å²) in [4.78, 5) is 29.2. The number of aromatic amines is 1. The quantitative estimate of drug-likeness (QED) is 0.890. The van der Waals surface area contributed by atoms with Crippen LogP contribution in [0.5, 0.6) is 5.75 Å². The molecule has 0 radical (unpaired) electrons. The molecule has 3 N–H and O–H groups in total. The molecule has 0 bridgehead atoms. The van der Waals surface area contributed by atoms with Gasteiger partial charge in [-0.3, -0.25) is 9.59 Å². The van der Waals surface area contributed by atoms with E-state index in [9.17, 15) is 9.59 Å². The molecule has 2 aromatic rings. The number of amides is 2. The fourth-order valence-electron chi connectivity index (χ4n) is 3.04. The van der Waals surface area contributed by atoms with Crippen molar-refractivity contribution in [3.63, 3.8) is 0 Å². The Morgan fingerprint density at radius 2 is 2.22 bits per heavy atom. The van der Waals surface area contributed by atoms with E-state index in [1.165, 1.54) is 0 Å². The number of nitrogens with two attached hydrogens (primary N) is 1. The third-order valence-electron chi connectivity index (χ3n) is 4.26. The summed E-state index contributed by atoms with van der Waals surface area (Å²) >= 11 is 1.65. The fourth-order valence-corrected chi connectivity index (χ4v) is 3.72. The molecule has 2 atom stereocenters. The summed E-state index contributed by atoms with van der Waals surface area (Å²) < 4.78 is 5.32. The van der Waals surface area contributed by atoms with Gasteiger partial charge >= 0.3 is 0 Å². The third-order valence-corrected chi connectivity index (χ3v) is 5.27. The molecule has 2 heterocycles. The summed E-state index contributed by atoms with van der Waals surface area (Å²) in [7, 11) is 1.59. The number of hydrogen-bond donors (Lipinski definition) is 2. The van der Waals surface area contributed by atoms with Gasteiger partial charge < -0.3 is 20.4 Å². The first-order valence-corrected chi connectivity index (χ1v) is 8.62. The molecular formula is C16H19N3O3S. The number of likely N-dealkylation sites (tertiary alicyclic amines) is 1. The Morgan fingerprint density at radius 1 is 1.43 bits per heavy atom. The number of fused-ring (bicyclic) bond motifs is 1. The molecule has 0 saturated carbocycles. The standard InChI is InChI=1S/C16H19N3O3S/c1-22-14-5-3-4-11-10(14)7-12(18-11)16(21)19-8-9(23-2)6-13(19)15(17)20/h3-5,7,9,13,18H,6,8H2,1-2H3,(H2,17,20). The average Bonchev–Trinajstić information content (AvgIpc) is 3.17. The van der Waals surface area contributed by atoms with Crippen LogP contribution in [0.2, 0.25) is 0 Å². The van der Waals surface area contributed by atoms with Gasteiger partial charge in [0.05, 0.1) is 7.11 Å². The van der Waals surface area contributed by atoms with Crippen LogP contribution in [0.4, 0.5) is 0 Å². The van der Waals surface area contributed by atoms with Crippen LogP contribution in [-0.4, -0.2) is 52.9 Å². The Kier molecular flexibility index (Phi) is 4.21. The van der Waals surface area contributed by atoms with Crippen molar-refractivity contribution in [3.8, 4) is 5.75 Å². The molecule has 1 fully saturated rings. The zero-order valence-corrected chi connectivity index (χ0v) is 13.9. The summed E-state index contributed by atoms with van der Waals surface area (Å²) in [5, 5.41) is 1.07. The van der Waals surface area contributed by atoms with Crippen molar-refractivity contribution in [2.45, 2.75) is 17.7 Å². The van der Waals surface area contributed by atoms with Crippen LogP contribution in [0.25, 0.3) is 10.9 Å². The van der Waals surface area contributed by atoms with Crippen LogP contribution in [0, 0.1) is 0 Å². The second-order valence-electron chi connectivity index (χ2n) is 5.57. The summed E-state index contributed by atoms with van der Waals surface area (Å²) in [6.45, 7) is 0.528. The summed E-state index contributed by atoms with van der Waals surface area (Å²) in [6.07, 6.45) is 2.58. The highest BCUT2D eigenvalue weighted by atomic mass is 32.2. The van der Waals surface area contributed by atoms with Crippen LogP contribution < -0.4 is 10.5 Å². The van der Waals surface area contributed by atoms with Gasteiger partial charge in [-0.25, -0.2) is 0 Å². The fraction of sp³-hybridized carbons (Fsp3) is 0.375. The second-order valence-corrected chi connectivity index (χ2v) is 6.71. The molecule has 1 aliphatic heterocycles. The Hall–Kier alpha value is -2.15. The largest absolute Gasteiger partial charge is 0.496 e. The molecule has 122 valence electrons. The highest BCUT2D eigenvalue weighted by Crippen LogP contribution is 2.30. The molecule has 1 aromatic heterocycles. The predicted molar refractivity (Wildman–Crippen MR) is 90.8 cm³/mol. The molecule has 2 unspecified atom stereocenters. The molecule has 1 aromatic carbocycles. The van der Waals surface area contributed by atoms with Crippen molar-refractivity contribution in [1.29, 1.82) is 0 Å². The van der Waals surface area contributed by atoms with Crippen LogP contribution >= 0.6 is 11.8 Å².